The van der Waals surface area contributed by atoms with E-state index < -0.39 is 10.1 Å². The SMILES string of the molecule is CN(C)c1ccnc(S(=O)(=O)O)c1.Cl. The molecule has 0 saturated carbocycles. The molecule has 1 aromatic rings. The van der Waals surface area contributed by atoms with Gasteiger partial charge in [0, 0.05) is 32.0 Å². The fourth-order valence-corrected chi connectivity index (χ4v) is 1.28. The highest BCUT2D eigenvalue weighted by atomic mass is 35.5. The van der Waals surface area contributed by atoms with Crippen LogP contribution in [0.15, 0.2) is 23.4 Å². The normalized spacial score (nSPS) is 10.5. The molecule has 0 aliphatic carbocycles. The van der Waals surface area contributed by atoms with Gasteiger partial charge in [-0.3, -0.25) is 4.55 Å². The molecule has 1 heterocycles. The van der Waals surface area contributed by atoms with E-state index in [1.54, 1.807) is 25.1 Å². The van der Waals surface area contributed by atoms with Crippen LogP contribution in [0, 0.1) is 0 Å². The molecule has 0 aliphatic heterocycles. The molecule has 0 atom stereocenters. The van der Waals surface area contributed by atoms with E-state index in [9.17, 15) is 8.42 Å². The average molecular weight is 239 g/mol. The van der Waals surface area contributed by atoms with E-state index in [-0.39, 0.29) is 17.4 Å². The molecule has 1 rings (SSSR count). The summed E-state index contributed by atoms with van der Waals surface area (Å²) in [6.45, 7) is 0. The van der Waals surface area contributed by atoms with E-state index in [0.29, 0.717) is 5.69 Å². The summed E-state index contributed by atoms with van der Waals surface area (Å²) in [4.78, 5) is 5.25. The summed E-state index contributed by atoms with van der Waals surface area (Å²) in [6.07, 6.45) is 1.33. The molecule has 0 radical (unpaired) electrons. The van der Waals surface area contributed by atoms with Crippen LogP contribution >= 0.6 is 12.4 Å². The summed E-state index contributed by atoms with van der Waals surface area (Å²) < 4.78 is 30.1. The lowest BCUT2D eigenvalue weighted by atomic mass is 10.4. The van der Waals surface area contributed by atoms with Gasteiger partial charge < -0.3 is 4.90 Å². The maximum absolute atomic E-state index is 10.7. The molecule has 0 amide bonds. The van der Waals surface area contributed by atoms with E-state index in [0.717, 1.165) is 0 Å². The van der Waals surface area contributed by atoms with Crippen LogP contribution in [0.4, 0.5) is 5.69 Å². The van der Waals surface area contributed by atoms with Gasteiger partial charge in [-0.25, -0.2) is 4.98 Å². The molecule has 0 bridgehead atoms. The van der Waals surface area contributed by atoms with Gasteiger partial charge in [0.05, 0.1) is 0 Å². The first-order valence-electron chi connectivity index (χ1n) is 3.52. The smallest absolute Gasteiger partial charge is 0.312 e. The largest absolute Gasteiger partial charge is 0.378 e. The van der Waals surface area contributed by atoms with Crippen LogP contribution < -0.4 is 4.90 Å². The minimum Gasteiger partial charge on any atom is -0.378 e. The van der Waals surface area contributed by atoms with Gasteiger partial charge in [0.2, 0.25) is 0 Å². The van der Waals surface area contributed by atoms with Crippen molar-refractivity contribution in [1.29, 1.82) is 0 Å². The Kier molecular flexibility index (Phi) is 4.31. The zero-order valence-electron chi connectivity index (χ0n) is 7.71. The van der Waals surface area contributed by atoms with Crippen molar-refractivity contribution < 1.29 is 13.0 Å². The van der Waals surface area contributed by atoms with Gasteiger partial charge in [-0.15, -0.1) is 12.4 Å². The third-order valence-corrected chi connectivity index (χ3v) is 2.25. The van der Waals surface area contributed by atoms with E-state index in [2.05, 4.69) is 4.98 Å². The van der Waals surface area contributed by atoms with Crippen molar-refractivity contribution in [3.05, 3.63) is 18.3 Å². The van der Waals surface area contributed by atoms with E-state index in [1.807, 2.05) is 0 Å². The van der Waals surface area contributed by atoms with Crippen LogP contribution in [0.5, 0.6) is 0 Å². The standard InChI is InChI=1S/C7H10N2O3S.ClH/c1-9(2)6-3-4-8-7(5-6)13(10,11)12;/h3-5H,1-2H3,(H,10,11,12);1H. The summed E-state index contributed by atoms with van der Waals surface area (Å²) in [5.74, 6) is 0. The number of halogens is 1. The number of hydrogen-bond donors (Lipinski definition) is 1. The molecule has 0 spiro atoms. The highest BCUT2D eigenvalue weighted by Crippen LogP contribution is 2.14. The fourth-order valence-electron chi connectivity index (χ4n) is 0.818. The van der Waals surface area contributed by atoms with Gasteiger partial charge in [0.15, 0.2) is 5.03 Å². The number of rotatable bonds is 2. The second-order valence-corrected chi connectivity index (χ2v) is 4.09. The number of anilines is 1. The number of aromatic nitrogens is 1. The van der Waals surface area contributed by atoms with Crippen molar-refractivity contribution in [2.24, 2.45) is 0 Å². The topological polar surface area (TPSA) is 70.5 Å². The number of hydrogen-bond acceptors (Lipinski definition) is 4. The first-order chi connectivity index (χ1) is 5.91. The van der Waals surface area contributed by atoms with Crippen molar-refractivity contribution >= 4 is 28.2 Å². The van der Waals surface area contributed by atoms with Gasteiger partial charge in [0.1, 0.15) is 0 Å². The summed E-state index contributed by atoms with van der Waals surface area (Å²) in [5.41, 5.74) is 0.669. The van der Waals surface area contributed by atoms with Crippen molar-refractivity contribution in [3.8, 4) is 0 Å². The molecule has 7 heteroatoms. The summed E-state index contributed by atoms with van der Waals surface area (Å²) >= 11 is 0. The third kappa shape index (κ3) is 3.13. The van der Waals surface area contributed by atoms with Crippen molar-refractivity contribution in [2.75, 3.05) is 19.0 Å². The first-order valence-corrected chi connectivity index (χ1v) is 4.96. The van der Waals surface area contributed by atoms with E-state index >= 15 is 0 Å². The van der Waals surface area contributed by atoms with Crippen LogP contribution in [0.1, 0.15) is 0 Å². The lowest BCUT2D eigenvalue weighted by Crippen LogP contribution is -2.10. The van der Waals surface area contributed by atoms with E-state index in [4.69, 9.17) is 4.55 Å². The maximum atomic E-state index is 10.7. The van der Waals surface area contributed by atoms with Crippen LogP contribution in [0.2, 0.25) is 0 Å². The highest BCUT2D eigenvalue weighted by Gasteiger charge is 2.11. The summed E-state index contributed by atoms with van der Waals surface area (Å²) in [5, 5.41) is -0.335. The highest BCUT2D eigenvalue weighted by molar-refractivity contribution is 7.85. The van der Waals surface area contributed by atoms with Crippen LogP contribution in [0.25, 0.3) is 0 Å². The third-order valence-electron chi connectivity index (χ3n) is 1.50. The number of nitrogens with zero attached hydrogens (tertiary/aromatic N) is 2. The summed E-state index contributed by atoms with van der Waals surface area (Å²) in [7, 11) is -0.663. The predicted molar refractivity (Wildman–Crippen MR) is 55.6 cm³/mol. The Morgan fingerprint density at radius 1 is 1.43 bits per heavy atom. The molecule has 5 nitrogen and oxygen atoms in total. The Labute approximate surface area is 88.9 Å². The molecule has 14 heavy (non-hydrogen) atoms. The molecular weight excluding hydrogens is 228 g/mol. The molecule has 0 unspecified atom stereocenters. The Hall–Kier alpha value is -0.850. The zero-order valence-corrected chi connectivity index (χ0v) is 9.34. The molecular formula is C7H11ClN2O3S. The van der Waals surface area contributed by atoms with Gasteiger partial charge in [0.25, 0.3) is 0 Å². The first kappa shape index (κ1) is 13.2. The van der Waals surface area contributed by atoms with Gasteiger partial charge in [-0.2, -0.15) is 8.42 Å². The molecule has 0 saturated heterocycles. The summed E-state index contributed by atoms with van der Waals surface area (Å²) in [6, 6.07) is 2.95. The lowest BCUT2D eigenvalue weighted by molar-refractivity contribution is 0.479. The average Bonchev–Trinajstić information content (AvgIpc) is 2.03. The Morgan fingerprint density at radius 2 is 2.00 bits per heavy atom. The Morgan fingerprint density at radius 3 is 2.43 bits per heavy atom. The second kappa shape index (κ2) is 4.59. The Bertz CT molecular complexity index is 405. The molecule has 1 aromatic heterocycles. The zero-order chi connectivity index (χ0) is 10.1. The fraction of sp³-hybridized carbons (Fsp3) is 0.286. The second-order valence-electron chi connectivity index (χ2n) is 2.72. The Balaban J connectivity index is 0.00000169. The van der Waals surface area contributed by atoms with Gasteiger partial charge in [-0.05, 0) is 6.07 Å². The molecule has 0 aromatic carbocycles. The number of pyridine rings is 1. The lowest BCUT2D eigenvalue weighted by Gasteiger charge is -2.11. The molecule has 0 fully saturated rings. The van der Waals surface area contributed by atoms with E-state index in [1.165, 1.54) is 12.3 Å². The maximum Gasteiger partial charge on any atom is 0.312 e. The van der Waals surface area contributed by atoms with Gasteiger partial charge in [-0.1, -0.05) is 0 Å². The molecule has 80 valence electrons. The van der Waals surface area contributed by atoms with Crippen LogP contribution in [-0.4, -0.2) is 32.0 Å². The predicted octanol–water partition coefficient (Wildman–Crippen LogP) is 0.816. The van der Waals surface area contributed by atoms with Crippen molar-refractivity contribution in [1.82, 2.24) is 4.98 Å². The monoisotopic (exact) mass is 238 g/mol. The minimum absolute atomic E-state index is 0. The van der Waals surface area contributed by atoms with Crippen molar-refractivity contribution in [3.63, 3.8) is 0 Å². The molecule has 1 N–H and O–H groups in total. The molecule has 0 aliphatic rings. The minimum atomic E-state index is -4.20. The quantitative estimate of drug-likeness (QED) is 0.773. The van der Waals surface area contributed by atoms with Gasteiger partial charge >= 0.3 is 10.1 Å². The van der Waals surface area contributed by atoms with Crippen LogP contribution in [-0.2, 0) is 10.1 Å². The van der Waals surface area contributed by atoms with Crippen molar-refractivity contribution in [2.45, 2.75) is 5.03 Å². The van der Waals surface area contributed by atoms with Crippen LogP contribution in [0.3, 0.4) is 0 Å².